The van der Waals surface area contributed by atoms with Crippen molar-refractivity contribution in [1.82, 2.24) is 20.9 Å². The first-order valence-electron chi connectivity index (χ1n) is 8.97. The highest BCUT2D eigenvalue weighted by Gasteiger charge is 2.18. The van der Waals surface area contributed by atoms with Crippen LogP contribution in [0.2, 0.25) is 10.0 Å². The zero-order valence-corrected chi connectivity index (χ0v) is 17.7. The lowest BCUT2D eigenvalue weighted by Crippen LogP contribution is -2.44. The van der Waals surface area contributed by atoms with Gasteiger partial charge in [-0.25, -0.2) is 5.10 Å². The molecule has 31 heavy (non-hydrogen) atoms. The number of nitrogens with zero attached hydrogens (tertiary/aromatic N) is 2. The summed E-state index contributed by atoms with van der Waals surface area (Å²) >= 11 is 12.2. The van der Waals surface area contributed by atoms with Gasteiger partial charge in [0.2, 0.25) is 0 Å². The fraction of sp³-hybridized carbons (Fsp3) is 0.0476. The number of anilines is 1. The van der Waals surface area contributed by atoms with E-state index in [2.05, 4.69) is 20.9 Å². The molecule has 3 aromatic rings. The van der Waals surface area contributed by atoms with Gasteiger partial charge in [0, 0.05) is 17.6 Å². The molecule has 3 rings (SSSR count). The number of hydrogen-bond acceptors (Lipinski definition) is 5. The van der Waals surface area contributed by atoms with Crippen molar-refractivity contribution in [1.29, 1.82) is 0 Å². The molecule has 0 radical (unpaired) electrons. The van der Waals surface area contributed by atoms with Gasteiger partial charge in [0.05, 0.1) is 6.20 Å². The monoisotopic (exact) mass is 457 g/mol. The second-order valence-electron chi connectivity index (χ2n) is 6.30. The lowest BCUT2D eigenvalue weighted by Gasteiger charge is -2.21. The highest BCUT2D eigenvalue weighted by Crippen LogP contribution is 2.19. The largest absolute Gasteiger partial charge is 0.317 e. The number of hydrogen-bond donors (Lipinski definition) is 3. The van der Waals surface area contributed by atoms with Crippen LogP contribution in [0.1, 0.15) is 15.9 Å². The second kappa shape index (κ2) is 9.92. The molecule has 2 aromatic carbocycles. The van der Waals surface area contributed by atoms with E-state index in [1.165, 1.54) is 24.3 Å². The Bertz CT molecular complexity index is 1190. The molecule has 10 heteroatoms. The molecule has 2 amide bonds. The molecule has 0 saturated heterocycles. The molecule has 0 spiro atoms. The summed E-state index contributed by atoms with van der Waals surface area (Å²) in [5.74, 6) is -1.14. The van der Waals surface area contributed by atoms with Gasteiger partial charge >= 0.3 is 0 Å². The topological polar surface area (TPSA) is 107 Å². The molecule has 0 aliphatic rings. The average molecular weight is 458 g/mol. The SMILES string of the molecule is CN(NC(=O)C(=Cc1ccccc1Cl)NC(=O)c1ccccc1)c1cn[nH]c(=O)c1Cl. The average Bonchev–Trinajstić information content (AvgIpc) is 2.77. The molecule has 158 valence electrons. The fourth-order valence-electron chi connectivity index (χ4n) is 2.57. The number of aromatic amines is 1. The minimum atomic E-state index is -0.664. The molecular formula is C21H17Cl2N5O3. The molecule has 0 bridgehead atoms. The number of rotatable bonds is 6. The van der Waals surface area contributed by atoms with Gasteiger partial charge in [-0.2, -0.15) is 5.10 Å². The van der Waals surface area contributed by atoms with Crippen molar-refractivity contribution in [2.24, 2.45) is 0 Å². The van der Waals surface area contributed by atoms with E-state index in [0.29, 0.717) is 16.1 Å². The van der Waals surface area contributed by atoms with Crippen LogP contribution in [-0.2, 0) is 4.79 Å². The van der Waals surface area contributed by atoms with Gasteiger partial charge in [-0.1, -0.05) is 59.6 Å². The van der Waals surface area contributed by atoms with Crippen molar-refractivity contribution in [2.45, 2.75) is 0 Å². The molecule has 0 atom stereocenters. The summed E-state index contributed by atoms with van der Waals surface area (Å²) in [6, 6.07) is 15.3. The van der Waals surface area contributed by atoms with Crippen molar-refractivity contribution in [3.05, 3.63) is 98.0 Å². The smallest absolute Gasteiger partial charge is 0.286 e. The third kappa shape index (κ3) is 5.50. The van der Waals surface area contributed by atoms with Crippen LogP contribution in [0.5, 0.6) is 0 Å². The first-order chi connectivity index (χ1) is 14.9. The Morgan fingerprint density at radius 3 is 2.45 bits per heavy atom. The van der Waals surface area contributed by atoms with Crippen molar-refractivity contribution in [2.75, 3.05) is 12.1 Å². The maximum Gasteiger partial charge on any atom is 0.286 e. The predicted octanol–water partition coefficient (Wildman–Crippen LogP) is 3.02. The maximum atomic E-state index is 13.0. The van der Waals surface area contributed by atoms with E-state index in [-0.39, 0.29) is 16.4 Å². The number of hydrazine groups is 1. The molecule has 3 N–H and O–H groups in total. The number of amides is 2. The van der Waals surface area contributed by atoms with Crippen LogP contribution in [0, 0.1) is 0 Å². The zero-order chi connectivity index (χ0) is 22.4. The lowest BCUT2D eigenvalue weighted by atomic mass is 10.1. The standard InChI is InChI=1S/C21H17Cl2N5O3/c1-28(17-12-24-26-21(31)18(17)23)27-20(30)16(11-14-9-5-6-10-15(14)22)25-19(29)13-7-3-2-4-8-13/h2-12H,1H3,(H,25,29)(H,26,31)(H,27,30). The van der Waals surface area contributed by atoms with Crippen molar-refractivity contribution in [3.8, 4) is 0 Å². The number of halogens is 2. The van der Waals surface area contributed by atoms with E-state index in [0.717, 1.165) is 0 Å². The molecule has 0 aliphatic carbocycles. The van der Waals surface area contributed by atoms with E-state index in [1.807, 2.05) is 0 Å². The van der Waals surface area contributed by atoms with E-state index >= 15 is 0 Å². The number of benzene rings is 2. The van der Waals surface area contributed by atoms with Crippen LogP contribution in [0.4, 0.5) is 5.69 Å². The first-order valence-corrected chi connectivity index (χ1v) is 9.73. The third-order valence-electron chi connectivity index (χ3n) is 4.14. The quantitative estimate of drug-likeness (QED) is 0.389. The summed E-state index contributed by atoms with van der Waals surface area (Å²) in [5, 5.41) is 9.94. The summed E-state index contributed by atoms with van der Waals surface area (Å²) in [4.78, 5) is 37.3. The van der Waals surface area contributed by atoms with Crippen molar-refractivity contribution >= 4 is 46.8 Å². The summed E-state index contributed by atoms with van der Waals surface area (Å²) < 4.78 is 0. The summed E-state index contributed by atoms with van der Waals surface area (Å²) in [6.45, 7) is 0. The maximum absolute atomic E-state index is 13.0. The van der Waals surface area contributed by atoms with E-state index in [1.54, 1.807) is 54.6 Å². The predicted molar refractivity (Wildman–Crippen MR) is 120 cm³/mol. The minimum Gasteiger partial charge on any atom is -0.317 e. The molecule has 1 heterocycles. The van der Waals surface area contributed by atoms with Gasteiger partial charge in [0.25, 0.3) is 17.4 Å². The van der Waals surface area contributed by atoms with Crippen molar-refractivity contribution < 1.29 is 9.59 Å². The third-order valence-corrected chi connectivity index (χ3v) is 4.85. The van der Waals surface area contributed by atoms with Crippen LogP contribution in [0.3, 0.4) is 0 Å². The molecule has 8 nitrogen and oxygen atoms in total. The Balaban J connectivity index is 1.90. The van der Waals surface area contributed by atoms with Crippen molar-refractivity contribution in [3.63, 3.8) is 0 Å². The van der Waals surface area contributed by atoms with Crippen LogP contribution >= 0.6 is 23.2 Å². The van der Waals surface area contributed by atoms with E-state index < -0.39 is 17.4 Å². The zero-order valence-electron chi connectivity index (χ0n) is 16.2. The van der Waals surface area contributed by atoms with Gasteiger partial charge in [-0.3, -0.25) is 24.8 Å². The molecule has 0 unspecified atom stereocenters. The number of nitrogens with one attached hydrogen (secondary N) is 3. The molecule has 0 fully saturated rings. The van der Waals surface area contributed by atoms with Gasteiger partial charge in [-0.15, -0.1) is 0 Å². The Morgan fingerprint density at radius 2 is 1.74 bits per heavy atom. The van der Waals surface area contributed by atoms with E-state index in [9.17, 15) is 14.4 Å². The normalized spacial score (nSPS) is 11.0. The fourth-order valence-corrected chi connectivity index (χ4v) is 2.98. The number of carbonyl (C=O) groups is 2. The van der Waals surface area contributed by atoms with Crippen LogP contribution in [-0.4, -0.2) is 29.1 Å². The lowest BCUT2D eigenvalue weighted by molar-refractivity contribution is -0.117. The number of aromatic nitrogens is 2. The summed E-state index contributed by atoms with van der Waals surface area (Å²) in [5.41, 5.74) is 2.95. The summed E-state index contributed by atoms with van der Waals surface area (Å²) in [6.07, 6.45) is 2.73. The van der Waals surface area contributed by atoms with E-state index in [4.69, 9.17) is 23.2 Å². The highest BCUT2D eigenvalue weighted by atomic mass is 35.5. The van der Waals surface area contributed by atoms with Crippen LogP contribution in [0.25, 0.3) is 6.08 Å². The second-order valence-corrected chi connectivity index (χ2v) is 7.08. The minimum absolute atomic E-state index is 0.0669. The Morgan fingerprint density at radius 1 is 1.06 bits per heavy atom. The Labute approximate surface area is 187 Å². The van der Waals surface area contributed by atoms with Crippen LogP contribution < -0.4 is 21.3 Å². The molecule has 1 aromatic heterocycles. The summed E-state index contributed by atoms with van der Waals surface area (Å²) in [7, 11) is 1.48. The Hall–Kier alpha value is -3.62. The number of carbonyl (C=O) groups excluding carboxylic acids is 2. The molecule has 0 aliphatic heterocycles. The Kier molecular flexibility index (Phi) is 7.07. The molecule has 0 saturated carbocycles. The van der Waals surface area contributed by atoms with Gasteiger partial charge in [0.1, 0.15) is 16.4 Å². The van der Waals surface area contributed by atoms with Gasteiger partial charge < -0.3 is 5.32 Å². The highest BCUT2D eigenvalue weighted by molar-refractivity contribution is 6.33. The number of H-pyrrole nitrogens is 1. The van der Waals surface area contributed by atoms with Gasteiger partial charge in [0.15, 0.2) is 0 Å². The van der Waals surface area contributed by atoms with Gasteiger partial charge in [-0.05, 0) is 29.8 Å². The van der Waals surface area contributed by atoms with Crippen LogP contribution in [0.15, 0.2) is 71.3 Å². The first kappa shape index (κ1) is 22.1. The molecular weight excluding hydrogens is 441 g/mol.